The van der Waals surface area contributed by atoms with Crippen molar-refractivity contribution in [2.24, 2.45) is 0 Å². The zero-order valence-electron chi connectivity index (χ0n) is 14.6. The molecule has 0 saturated heterocycles. The van der Waals surface area contributed by atoms with E-state index in [0.29, 0.717) is 11.6 Å². The first kappa shape index (κ1) is 19.7. The van der Waals surface area contributed by atoms with Gasteiger partial charge in [-0.1, -0.05) is 43.6 Å². The number of benzene rings is 1. The third-order valence-corrected chi connectivity index (χ3v) is 4.33. The number of nitrogens with one attached hydrogen (secondary N) is 1. The van der Waals surface area contributed by atoms with Crippen molar-refractivity contribution in [1.29, 1.82) is 0 Å². The quantitative estimate of drug-likeness (QED) is 0.545. The molecule has 3 rings (SSSR count). The normalized spacial score (nSPS) is 10.4. The number of halogens is 2. The summed E-state index contributed by atoms with van der Waals surface area (Å²) in [6.45, 7) is 5.46. The van der Waals surface area contributed by atoms with E-state index in [1.54, 1.807) is 13.3 Å². The molecule has 0 amide bonds. The zero-order valence-corrected chi connectivity index (χ0v) is 16.9. The van der Waals surface area contributed by atoms with Crippen LogP contribution in [0.1, 0.15) is 20.3 Å². The van der Waals surface area contributed by atoms with Gasteiger partial charge in [-0.05, 0) is 28.4 Å². The molecule has 0 fully saturated rings. The number of hydrogen-bond acceptors (Lipinski definition) is 4. The van der Waals surface area contributed by atoms with Crippen LogP contribution in [0, 0.1) is 0 Å². The average molecular weight is 426 g/mol. The molecule has 1 N–H and O–H groups in total. The number of nitrogens with zero attached hydrogens (tertiary/aromatic N) is 3. The van der Waals surface area contributed by atoms with E-state index in [4.69, 9.17) is 21.3 Å². The second kappa shape index (κ2) is 9.75. The molecule has 0 unspecified atom stereocenters. The predicted octanol–water partition coefficient (Wildman–Crippen LogP) is 5.29. The van der Waals surface area contributed by atoms with E-state index >= 15 is 0 Å². The van der Waals surface area contributed by atoms with Crippen LogP contribution in [0.2, 0.25) is 5.02 Å². The Balaban J connectivity index is 0.00000109. The molecule has 2 aromatic heterocycles. The van der Waals surface area contributed by atoms with Crippen LogP contribution in [0.4, 0.5) is 5.82 Å². The molecule has 2 heterocycles. The Morgan fingerprint density at radius 3 is 2.76 bits per heavy atom. The van der Waals surface area contributed by atoms with E-state index in [1.807, 2.05) is 48.7 Å². The van der Waals surface area contributed by atoms with Gasteiger partial charge in [0.1, 0.15) is 4.60 Å². The van der Waals surface area contributed by atoms with Crippen molar-refractivity contribution in [3.05, 3.63) is 46.3 Å². The maximum atomic E-state index is 6.31. The Labute approximate surface area is 161 Å². The molecule has 0 aliphatic rings. The van der Waals surface area contributed by atoms with Crippen LogP contribution in [0.25, 0.3) is 16.9 Å². The molecule has 1 aromatic carbocycles. The van der Waals surface area contributed by atoms with E-state index in [9.17, 15) is 0 Å². The molecule has 3 aromatic rings. The molecule has 0 aliphatic heterocycles. The standard InChI is InChI=1S/C16H16BrClN4O.C2H6/c1-23-8-4-7-19-15-16-20-9-14(17)22(16)10-13(21-15)11-5-2-3-6-12(11)18;1-2/h2-3,5-6,9-10H,4,7-8H2,1H3,(H,19,21);1-2H3. The Hall–Kier alpha value is -1.63. The SMILES string of the molecule is CC.COCCCNc1nc(-c2ccccc2Cl)cn2c(Br)cnc12. The number of hydrogen-bond donors (Lipinski definition) is 1. The summed E-state index contributed by atoms with van der Waals surface area (Å²) in [5.74, 6) is 0.726. The fourth-order valence-electron chi connectivity index (χ4n) is 2.30. The third-order valence-electron chi connectivity index (χ3n) is 3.41. The van der Waals surface area contributed by atoms with Gasteiger partial charge in [0, 0.05) is 32.0 Å². The lowest BCUT2D eigenvalue weighted by Crippen LogP contribution is -2.08. The van der Waals surface area contributed by atoms with Gasteiger partial charge >= 0.3 is 0 Å². The van der Waals surface area contributed by atoms with Crippen LogP contribution in [0.5, 0.6) is 0 Å². The average Bonchev–Trinajstić information content (AvgIpc) is 3.02. The fraction of sp³-hybridized carbons (Fsp3) is 0.333. The van der Waals surface area contributed by atoms with E-state index < -0.39 is 0 Å². The minimum Gasteiger partial charge on any atom is -0.385 e. The Morgan fingerprint density at radius 2 is 2.04 bits per heavy atom. The van der Waals surface area contributed by atoms with Gasteiger partial charge in [-0.25, -0.2) is 9.97 Å². The van der Waals surface area contributed by atoms with Crippen LogP contribution in [-0.2, 0) is 4.74 Å². The second-order valence-corrected chi connectivity index (χ2v) is 6.22. The van der Waals surface area contributed by atoms with Crippen LogP contribution in [0.15, 0.2) is 41.3 Å². The lowest BCUT2D eigenvalue weighted by molar-refractivity contribution is 0.198. The molecule has 5 nitrogen and oxygen atoms in total. The van der Waals surface area contributed by atoms with Crippen molar-refractivity contribution in [2.45, 2.75) is 20.3 Å². The maximum Gasteiger partial charge on any atom is 0.181 e. The molecule has 134 valence electrons. The molecular formula is C18H22BrClN4O. The molecule has 0 aliphatic carbocycles. The third kappa shape index (κ3) is 4.71. The zero-order chi connectivity index (χ0) is 18.2. The molecule has 25 heavy (non-hydrogen) atoms. The molecular weight excluding hydrogens is 404 g/mol. The van der Waals surface area contributed by atoms with E-state index in [1.165, 1.54) is 0 Å². The van der Waals surface area contributed by atoms with Crippen molar-refractivity contribution >= 4 is 39.0 Å². The number of ether oxygens (including phenoxy) is 1. The fourth-order valence-corrected chi connectivity index (χ4v) is 2.91. The summed E-state index contributed by atoms with van der Waals surface area (Å²) in [4.78, 5) is 9.10. The lowest BCUT2D eigenvalue weighted by atomic mass is 10.1. The number of aromatic nitrogens is 3. The van der Waals surface area contributed by atoms with Gasteiger partial charge in [-0.3, -0.25) is 4.40 Å². The van der Waals surface area contributed by atoms with E-state index in [2.05, 4.69) is 26.2 Å². The highest BCUT2D eigenvalue weighted by Gasteiger charge is 2.13. The number of fused-ring (bicyclic) bond motifs is 1. The summed E-state index contributed by atoms with van der Waals surface area (Å²) >= 11 is 9.82. The van der Waals surface area contributed by atoms with Crippen LogP contribution in [-0.4, -0.2) is 34.6 Å². The summed E-state index contributed by atoms with van der Waals surface area (Å²) < 4.78 is 7.89. The number of anilines is 1. The maximum absolute atomic E-state index is 6.31. The molecule has 7 heteroatoms. The van der Waals surface area contributed by atoms with Gasteiger partial charge in [-0.15, -0.1) is 0 Å². The summed E-state index contributed by atoms with van der Waals surface area (Å²) in [7, 11) is 1.69. The number of methoxy groups -OCH3 is 1. The monoisotopic (exact) mass is 424 g/mol. The van der Waals surface area contributed by atoms with Gasteiger partial charge in [-0.2, -0.15) is 0 Å². The lowest BCUT2D eigenvalue weighted by Gasteiger charge is -2.11. The highest BCUT2D eigenvalue weighted by molar-refractivity contribution is 9.10. The molecule has 0 bridgehead atoms. The summed E-state index contributed by atoms with van der Waals surface area (Å²) in [5.41, 5.74) is 2.44. The first-order chi connectivity index (χ1) is 12.2. The molecule has 0 atom stereocenters. The van der Waals surface area contributed by atoms with E-state index in [-0.39, 0.29) is 0 Å². The molecule has 0 spiro atoms. The minimum absolute atomic E-state index is 0.668. The van der Waals surface area contributed by atoms with Gasteiger partial charge < -0.3 is 10.1 Å². The summed E-state index contributed by atoms with van der Waals surface area (Å²) in [6, 6.07) is 7.66. The predicted molar refractivity (Wildman–Crippen MR) is 107 cm³/mol. The van der Waals surface area contributed by atoms with Crippen molar-refractivity contribution in [3.63, 3.8) is 0 Å². The van der Waals surface area contributed by atoms with Crippen molar-refractivity contribution in [3.8, 4) is 11.3 Å². The van der Waals surface area contributed by atoms with Crippen molar-refractivity contribution in [1.82, 2.24) is 14.4 Å². The summed E-state index contributed by atoms with van der Waals surface area (Å²) in [5, 5.41) is 3.99. The second-order valence-electron chi connectivity index (χ2n) is 5.00. The highest BCUT2D eigenvalue weighted by atomic mass is 79.9. The number of rotatable bonds is 6. The van der Waals surface area contributed by atoms with Crippen LogP contribution in [0.3, 0.4) is 0 Å². The van der Waals surface area contributed by atoms with E-state index in [0.717, 1.165) is 40.3 Å². The first-order valence-corrected chi connectivity index (χ1v) is 9.39. The van der Waals surface area contributed by atoms with Gasteiger partial charge in [0.15, 0.2) is 11.5 Å². The van der Waals surface area contributed by atoms with Crippen molar-refractivity contribution in [2.75, 3.05) is 25.6 Å². The van der Waals surface area contributed by atoms with Gasteiger partial charge in [0.25, 0.3) is 0 Å². The first-order valence-electron chi connectivity index (χ1n) is 8.22. The Morgan fingerprint density at radius 1 is 1.28 bits per heavy atom. The smallest absolute Gasteiger partial charge is 0.181 e. The Bertz CT molecular complexity index is 822. The molecule has 0 saturated carbocycles. The largest absolute Gasteiger partial charge is 0.385 e. The summed E-state index contributed by atoms with van der Waals surface area (Å²) in [6.07, 6.45) is 4.57. The topological polar surface area (TPSA) is 51.5 Å². The Kier molecular flexibility index (Phi) is 7.68. The highest BCUT2D eigenvalue weighted by Crippen LogP contribution is 2.29. The van der Waals surface area contributed by atoms with Crippen LogP contribution >= 0.6 is 27.5 Å². The molecule has 0 radical (unpaired) electrons. The van der Waals surface area contributed by atoms with Crippen molar-refractivity contribution < 1.29 is 4.74 Å². The minimum atomic E-state index is 0.668. The van der Waals surface area contributed by atoms with Crippen LogP contribution < -0.4 is 5.32 Å². The van der Waals surface area contributed by atoms with Gasteiger partial charge in [0.2, 0.25) is 0 Å². The van der Waals surface area contributed by atoms with Gasteiger partial charge in [0.05, 0.1) is 16.9 Å². The number of imidazole rings is 1.